The van der Waals surface area contributed by atoms with Gasteiger partial charge in [0.1, 0.15) is 5.82 Å². The maximum Gasteiger partial charge on any atom is 0.123 e. The zero-order valence-electron chi connectivity index (χ0n) is 15.4. The Labute approximate surface area is 149 Å². The van der Waals surface area contributed by atoms with E-state index in [0.29, 0.717) is 6.54 Å². The van der Waals surface area contributed by atoms with E-state index in [1.807, 2.05) is 25.5 Å². The first-order chi connectivity index (χ1) is 12.1. The molecule has 3 rings (SSSR count). The monoisotopic (exact) mass is 345 g/mol. The first-order valence-electron chi connectivity index (χ1n) is 9.04. The third kappa shape index (κ3) is 4.38. The van der Waals surface area contributed by atoms with Gasteiger partial charge in [0, 0.05) is 63.3 Å². The van der Waals surface area contributed by atoms with Crippen molar-refractivity contribution in [1.82, 2.24) is 20.0 Å². The van der Waals surface area contributed by atoms with Crippen molar-refractivity contribution >= 4 is 5.69 Å². The summed E-state index contributed by atoms with van der Waals surface area (Å²) >= 11 is 0. The smallest absolute Gasteiger partial charge is 0.123 e. The number of piperazine rings is 1. The van der Waals surface area contributed by atoms with Gasteiger partial charge in [0.05, 0.1) is 6.20 Å². The van der Waals surface area contributed by atoms with Crippen LogP contribution in [0, 0.1) is 5.82 Å². The third-order valence-electron chi connectivity index (χ3n) is 4.99. The number of anilines is 1. The van der Waals surface area contributed by atoms with Gasteiger partial charge < -0.3 is 15.1 Å². The van der Waals surface area contributed by atoms with Crippen LogP contribution in [0.15, 0.2) is 30.6 Å². The molecule has 1 aliphatic rings. The lowest BCUT2D eigenvalue weighted by Crippen LogP contribution is -2.46. The van der Waals surface area contributed by atoms with Crippen LogP contribution in [-0.2, 0) is 13.6 Å². The summed E-state index contributed by atoms with van der Waals surface area (Å²) in [6.07, 6.45) is 3.85. The SMILES string of the molecule is CCN1CCN(c2ccc(F)cc2C(C)NCc2cnn(C)c2)CC1. The Balaban J connectivity index is 1.72. The molecule has 1 atom stereocenters. The van der Waals surface area contributed by atoms with Gasteiger partial charge in [-0.25, -0.2) is 4.39 Å². The Morgan fingerprint density at radius 2 is 2.00 bits per heavy atom. The fraction of sp³-hybridized carbons (Fsp3) is 0.526. The molecule has 25 heavy (non-hydrogen) atoms. The van der Waals surface area contributed by atoms with Crippen LogP contribution in [0.3, 0.4) is 0 Å². The number of aromatic nitrogens is 2. The van der Waals surface area contributed by atoms with E-state index in [4.69, 9.17) is 0 Å². The number of likely N-dealkylation sites (N-methyl/N-ethyl adjacent to an activating group) is 1. The molecule has 1 N–H and O–H groups in total. The largest absolute Gasteiger partial charge is 0.369 e. The highest BCUT2D eigenvalue weighted by atomic mass is 19.1. The van der Waals surface area contributed by atoms with Gasteiger partial charge in [-0.05, 0) is 37.2 Å². The van der Waals surface area contributed by atoms with Gasteiger partial charge in [-0.15, -0.1) is 0 Å². The number of hydrogen-bond donors (Lipinski definition) is 1. The summed E-state index contributed by atoms with van der Waals surface area (Å²) in [5, 5.41) is 7.69. The number of nitrogens with zero attached hydrogens (tertiary/aromatic N) is 4. The zero-order valence-corrected chi connectivity index (χ0v) is 15.4. The summed E-state index contributed by atoms with van der Waals surface area (Å²) in [7, 11) is 1.91. The molecule has 0 aliphatic carbocycles. The van der Waals surface area contributed by atoms with Gasteiger partial charge in [0.25, 0.3) is 0 Å². The summed E-state index contributed by atoms with van der Waals surface area (Å²) in [5.74, 6) is -0.180. The molecule has 1 aliphatic heterocycles. The van der Waals surface area contributed by atoms with E-state index in [9.17, 15) is 4.39 Å². The minimum atomic E-state index is -0.180. The van der Waals surface area contributed by atoms with Crippen molar-refractivity contribution < 1.29 is 4.39 Å². The molecule has 0 saturated carbocycles. The van der Waals surface area contributed by atoms with Crippen molar-refractivity contribution in [2.45, 2.75) is 26.4 Å². The maximum absolute atomic E-state index is 13.9. The number of rotatable bonds is 6. The summed E-state index contributed by atoms with van der Waals surface area (Å²) in [6, 6.07) is 5.23. The van der Waals surface area contributed by atoms with Crippen molar-refractivity contribution in [2.24, 2.45) is 7.05 Å². The molecule has 0 radical (unpaired) electrons. The Hall–Kier alpha value is -1.92. The summed E-state index contributed by atoms with van der Waals surface area (Å²) < 4.78 is 15.7. The fourth-order valence-electron chi connectivity index (χ4n) is 3.41. The number of halogens is 1. The van der Waals surface area contributed by atoms with Crippen molar-refractivity contribution in [1.29, 1.82) is 0 Å². The molecule has 0 bridgehead atoms. The molecule has 1 saturated heterocycles. The van der Waals surface area contributed by atoms with Gasteiger partial charge in [0.15, 0.2) is 0 Å². The van der Waals surface area contributed by atoms with Crippen LogP contribution >= 0.6 is 0 Å². The second kappa shape index (κ2) is 7.97. The highest BCUT2D eigenvalue weighted by Crippen LogP contribution is 2.28. The maximum atomic E-state index is 13.9. The average Bonchev–Trinajstić information content (AvgIpc) is 3.05. The zero-order chi connectivity index (χ0) is 17.8. The van der Waals surface area contributed by atoms with E-state index in [-0.39, 0.29) is 11.9 Å². The molecule has 2 aromatic rings. The van der Waals surface area contributed by atoms with E-state index in [1.165, 1.54) is 0 Å². The predicted molar refractivity (Wildman–Crippen MR) is 99.2 cm³/mol. The Bertz CT molecular complexity index is 691. The van der Waals surface area contributed by atoms with E-state index >= 15 is 0 Å². The highest BCUT2D eigenvalue weighted by Gasteiger charge is 2.20. The van der Waals surface area contributed by atoms with Crippen LogP contribution in [0.1, 0.15) is 31.0 Å². The minimum absolute atomic E-state index is 0.0649. The molecule has 0 amide bonds. The molecule has 1 fully saturated rings. The van der Waals surface area contributed by atoms with Crippen LogP contribution in [0.2, 0.25) is 0 Å². The Kier molecular flexibility index (Phi) is 5.71. The van der Waals surface area contributed by atoms with Crippen LogP contribution in [0.4, 0.5) is 10.1 Å². The average molecular weight is 345 g/mol. The summed E-state index contributed by atoms with van der Waals surface area (Å²) in [6.45, 7) is 10.2. The fourth-order valence-corrected chi connectivity index (χ4v) is 3.41. The van der Waals surface area contributed by atoms with Gasteiger partial charge in [-0.1, -0.05) is 6.92 Å². The molecule has 1 aromatic carbocycles. The molecule has 1 unspecified atom stereocenters. The molecule has 136 valence electrons. The summed E-state index contributed by atoms with van der Waals surface area (Å²) in [4.78, 5) is 4.83. The highest BCUT2D eigenvalue weighted by molar-refractivity contribution is 5.55. The lowest BCUT2D eigenvalue weighted by molar-refractivity contribution is 0.271. The van der Waals surface area contributed by atoms with Gasteiger partial charge in [-0.3, -0.25) is 4.68 Å². The minimum Gasteiger partial charge on any atom is -0.369 e. The molecule has 1 aromatic heterocycles. The summed E-state index contributed by atoms with van der Waals surface area (Å²) in [5.41, 5.74) is 3.29. The second-order valence-electron chi connectivity index (χ2n) is 6.75. The number of aryl methyl sites for hydroxylation is 1. The number of hydrogen-bond acceptors (Lipinski definition) is 4. The number of benzene rings is 1. The molecular weight excluding hydrogens is 317 g/mol. The molecule has 2 heterocycles. The normalized spacial score (nSPS) is 17.0. The topological polar surface area (TPSA) is 36.3 Å². The predicted octanol–water partition coefficient (Wildman–Crippen LogP) is 2.55. The molecular formula is C19H28FN5. The standard InChI is InChI=1S/C19H28FN5/c1-4-24-7-9-25(10-8-24)19-6-5-17(20)11-18(19)15(2)21-12-16-13-22-23(3)14-16/h5-6,11,13-15,21H,4,7-10,12H2,1-3H3. The second-order valence-corrected chi connectivity index (χ2v) is 6.75. The molecule has 5 nitrogen and oxygen atoms in total. The third-order valence-corrected chi connectivity index (χ3v) is 4.99. The van der Waals surface area contributed by atoms with Gasteiger partial charge in [0.2, 0.25) is 0 Å². The first-order valence-corrected chi connectivity index (χ1v) is 9.04. The van der Waals surface area contributed by atoms with Crippen molar-refractivity contribution in [2.75, 3.05) is 37.6 Å². The van der Waals surface area contributed by atoms with Crippen molar-refractivity contribution in [3.05, 3.63) is 47.5 Å². The van der Waals surface area contributed by atoms with Crippen LogP contribution < -0.4 is 10.2 Å². The van der Waals surface area contributed by atoms with Crippen molar-refractivity contribution in [3.63, 3.8) is 0 Å². The first kappa shape index (κ1) is 17.9. The van der Waals surface area contributed by atoms with E-state index < -0.39 is 0 Å². The molecule has 6 heteroatoms. The van der Waals surface area contributed by atoms with Gasteiger partial charge >= 0.3 is 0 Å². The lowest BCUT2D eigenvalue weighted by atomic mass is 10.0. The number of nitrogens with one attached hydrogen (secondary N) is 1. The van der Waals surface area contributed by atoms with E-state index in [0.717, 1.165) is 49.5 Å². The van der Waals surface area contributed by atoms with Crippen LogP contribution in [0.25, 0.3) is 0 Å². The molecule has 0 spiro atoms. The lowest BCUT2D eigenvalue weighted by Gasteiger charge is -2.37. The van der Waals surface area contributed by atoms with E-state index in [1.54, 1.807) is 16.8 Å². The Morgan fingerprint density at radius 3 is 2.64 bits per heavy atom. The van der Waals surface area contributed by atoms with Crippen molar-refractivity contribution in [3.8, 4) is 0 Å². The van der Waals surface area contributed by atoms with Crippen LogP contribution in [0.5, 0.6) is 0 Å². The van der Waals surface area contributed by atoms with Crippen LogP contribution in [-0.4, -0.2) is 47.4 Å². The van der Waals surface area contributed by atoms with E-state index in [2.05, 4.69) is 34.1 Å². The Morgan fingerprint density at radius 1 is 1.24 bits per heavy atom. The quantitative estimate of drug-likeness (QED) is 0.873. The van der Waals surface area contributed by atoms with Gasteiger partial charge in [-0.2, -0.15) is 5.10 Å².